The van der Waals surface area contributed by atoms with Crippen LogP contribution in [0.3, 0.4) is 0 Å². The molecule has 2 aliphatic heterocycles. The number of nitrogens with zero attached hydrogens (tertiary/aromatic N) is 5. The average Bonchev–Trinajstić information content (AvgIpc) is 2.94. The van der Waals surface area contributed by atoms with Crippen LogP contribution in [-0.2, 0) is 11.3 Å². The van der Waals surface area contributed by atoms with Gasteiger partial charge in [0, 0.05) is 47.9 Å². The van der Waals surface area contributed by atoms with E-state index in [1.54, 1.807) is 6.92 Å². The third-order valence-corrected chi connectivity index (χ3v) is 7.87. The van der Waals surface area contributed by atoms with Crippen molar-refractivity contribution < 1.29 is 18.6 Å². The number of rotatable bonds is 6. The molecule has 5 rings (SSSR count). The van der Waals surface area contributed by atoms with Crippen LogP contribution >= 0.6 is 0 Å². The quantitative estimate of drug-likeness (QED) is 0.473. The second-order valence-electron chi connectivity index (χ2n) is 11.0. The van der Waals surface area contributed by atoms with E-state index < -0.39 is 17.7 Å². The van der Waals surface area contributed by atoms with Gasteiger partial charge in [0.2, 0.25) is 5.95 Å². The highest BCUT2D eigenvalue weighted by atomic mass is 19.1. The summed E-state index contributed by atoms with van der Waals surface area (Å²) in [5, 5.41) is 22.9. The fourth-order valence-electron chi connectivity index (χ4n) is 5.77. The van der Waals surface area contributed by atoms with Crippen LogP contribution in [0.4, 0.5) is 14.7 Å². The van der Waals surface area contributed by atoms with Crippen molar-refractivity contribution in [3.8, 4) is 17.3 Å². The van der Waals surface area contributed by atoms with Crippen molar-refractivity contribution >= 4 is 16.9 Å². The molecule has 40 heavy (non-hydrogen) atoms. The standard InChI is InChI=1S/C29H34F2N6O3/c1-16(2)37-24-10-19(27-22(31)12-33-29(35-27)34-23-6-8-40-15-26(23)38)21(30)9-20(24)28(39)17(3)25(37)14-36-7-4-5-18(11-32)13-36/h9-10,12,16,18,23,26,38H,4-8,13-15H2,1-3H3,(H,33,34,35)/t18-,23+,26+/m0/s1. The van der Waals surface area contributed by atoms with Crippen LogP contribution in [0.15, 0.2) is 23.1 Å². The fourth-order valence-corrected chi connectivity index (χ4v) is 5.77. The number of fused-ring (bicyclic) bond motifs is 1. The van der Waals surface area contributed by atoms with E-state index in [1.807, 2.05) is 18.4 Å². The Morgan fingerprint density at radius 2 is 2.08 bits per heavy atom. The van der Waals surface area contributed by atoms with E-state index >= 15 is 8.78 Å². The highest BCUT2D eigenvalue weighted by Gasteiger charge is 2.27. The summed E-state index contributed by atoms with van der Waals surface area (Å²) in [6, 6.07) is 4.53. The normalized spacial score (nSPS) is 22.0. The minimum atomic E-state index is -0.807. The number of benzene rings is 1. The van der Waals surface area contributed by atoms with Crippen molar-refractivity contribution in [1.82, 2.24) is 19.4 Å². The number of hydrogen-bond acceptors (Lipinski definition) is 8. The summed E-state index contributed by atoms with van der Waals surface area (Å²) in [4.78, 5) is 23.9. The van der Waals surface area contributed by atoms with Gasteiger partial charge < -0.3 is 19.7 Å². The maximum absolute atomic E-state index is 15.5. The molecule has 2 aliphatic rings. The number of anilines is 1. The lowest BCUT2D eigenvalue weighted by Gasteiger charge is -2.32. The molecule has 0 spiro atoms. The van der Waals surface area contributed by atoms with Gasteiger partial charge in [-0.25, -0.2) is 18.7 Å². The van der Waals surface area contributed by atoms with Gasteiger partial charge in [-0.15, -0.1) is 0 Å². The van der Waals surface area contributed by atoms with E-state index in [2.05, 4.69) is 26.3 Å². The summed E-state index contributed by atoms with van der Waals surface area (Å²) < 4.78 is 37.9. The van der Waals surface area contributed by atoms with Crippen LogP contribution in [-0.4, -0.2) is 63.0 Å². The van der Waals surface area contributed by atoms with Gasteiger partial charge in [0.05, 0.1) is 42.5 Å². The Kier molecular flexibility index (Phi) is 8.12. The maximum atomic E-state index is 15.5. The van der Waals surface area contributed by atoms with Crippen LogP contribution in [0.2, 0.25) is 0 Å². The Morgan fingerprint density at radius 1 is 1.27 bits per heavy atom. The smallest absolute Gasteiger partial charge is 0.223 e. The van der Waals surface area contributed by atoms with E-state index in [0.717, 1.165) is 37.3 Å². The Hall–Kier alpha value is -3.46. The van der Waals surface area contributed by atoms with Crippen molar-refractivity contribution in [2.75, 3.05) is 31.6 Å². The predicted octanol–water partition coefficient (Wildman–Crippen LogP) is 3.92. The first-order valence-electron chi connectivity index (χ1n) is 13.7. The summed E-state index contributed by atoms with van der Waals surface area (Å²) in [5.41, 5.74) is 1.20. The number of piperidine rings is 1. The predicted molar refractivity (Wildman–Crippen MR) is 147 cm³/mol. The zero-order valence-corrected chi connectivity index (χ0v) is 23.0. The van der Waals surface area contributed by atoms with Gasteiger partial charge in [-0.05, 0) is 58.7 Å². The first-order valence-corrected chi connectivity index (χ1v) is 13.7. The zero-order chi connectivity index (χ0) is 28.6. The number of nitrogens with one attached hydrogen (secondary N) is 1. The molecule has 2 fully saturated rings. The summed E-state index contributed by atoms with van der Waals surface area (Å²) >= 11 is 0. The van der Waals surface area contributed by atoms with Crippen molar-refractivity contribution in [3.63, 3.8) is 0 Å². The molecule has 0 amide bonds. The molecule has 0 radical (unpaired) electrons. The number of likely N-dealkylation sites (tertiary alicyclic amines) is 1. The molecule has 2 N–H and O–H groups in total. The van der Waals surface area contributed by atoms with E-state index in [0.29, 0.717) is 37.2 Å². The molecule has 3 aromatic rings. The Morgan fingerprint density at radius 3 is 2.80 bits per heavy atom. The van der Waals surface area contributed by atoms with Gasteiger partial charge in [0.1, 0.15) is 11.5 Å². The van der Waals surface area contributed by atoms with Gasteiger partial charge >= 0.3 is 0 Å². The molecule has 0 unspecified atom stereocenters. The molecule has 212 valence electrons. The molecule has 9 nitrogen and oxygen atoms in total. The van der Waals surface area contributed by atoms with Crippen molar-refractivity contribution in [2.24, 2.45) is 5.92 Å². The van der Waals surface area contributed by atoms with Crippen LogP contribution in [0.1, 0.15) is 50.4 Å². The number of aliphatic hydroxyl groups is 1. The van der Waals surface area contributed by atoms with E-state index in [9.17, 15) is 15.2 Å². The molecule has 0 bridgehead atoms. The maximum Gasteiger partial charge on any atom is 0.223 e. The third-order valence-electron chi connectivity index (χ3n) is 7.87. The Labute approximate surface area is 231 Å². The van der Waals surface area contributed by atoms with Crippen LogP contribution < -0.4 is 10.7 Å². The SMILES string of the molecule is Cc1c(CN2CCC[C@@H](C#N)C2)n(C(C)C)c2cc(-c3nc(N[C@@H]4CCOC[C@H]4O)ncc3F)c(F)cc2c1=O. The highest BCUT2D eigenvalue weighted by molar-refractivity contribution is 5.85. The number of aromatic nitrogens is 3. The lowest BCUT2D eigenvalue weighted by molar-refractivity contribution is -0.0136. The van der Waals surface area contributed by atoms with Crippen molar-refractivity contribution in [2.45, 2.75) is 64.8 Å². The molecule has 1 aromatic carbocycles. The molecule has 0 aliphatic carbocycles. The first-order chi connectivity index (χ1) is 19.2. The van der Waals surface area contributed by atoms with Gasteiger partial charge in [-0.1, -0.05) is 0 Å². The van der Waals surface area contributed by atoms with Gasteiger partial charge in [-0.3, -0.25) is 9.69 Å². The zero-order valence-electron chi connectivity index (χ0n) is 23.0. The van der Waals surface area contributed by atoms with Gasteiger partial charge in [0.15, 0.2) is 11.2 Å². The summed E-state index contributed by atoms with van der Waals surface area (Å²) in [6.07, 6.45) is 2.46. The molecule has 3 atom stereocenters. The lowest BCUT2D eigenvalue weighted by Crippen LogP contribution is -2.42. The summed E-state index contributed by atoms with van der Waals surface area (Å²) in [7, 11) is 0. The molecule has 2 aromatic heterocycles. The van der Waals surface area contributed by atoms with Crippen molar-refractivity contribution in [1.29, 1.82) is 5.26 Å². The number of halogens is 2. The topological polar surface area (TPSA) is 116 Å². The number of pyridine rings is 1. The Balaban J connectivity index is 1.60. The second-order valence-corrected chi connectivity index (χ2v) is 11.0. The largest absolute Gasteiger partial charge is 0.389 e. The van der Waals surface area contributed by atoms with Gasteiger partial charge in [0.25, 0.3) is 0 Å². The summed E-state index contributed by atoms with van der Waals surface area (Å²) in [5.74, 6) is -1.57. The number of hydrogen-bond donors (Lipinski definition) is 2. The minimum absolute atomic E-state index is 0.0553. The fraction of sp³-hybridized carbons (Fsp3) is 0.517. The second kappa shape index (κ2) is 11.6. The molecular weight excluding hydrogens is 518 g/mol. The van der Waals surface area contributed by atoms with Crippen molar-refractivity contribution in [3.05, 3.63) is 51.4 Å². The van der Waals surface area contributed by atoms with Gasteiger partial charge in [-0.2, -0.15) is 5.26 Å². The molecule has 2 saturated heterocycles. The average molecular weight is 553 g/mol. The highest BCUT2D eigenvalue weighted by Crippen LogP contribution is 2.31. The monoisotopic (exact) mass is 552 g/mol. The summed E-state index contributed by atoms with van der Waals surface area (Å²) in [6.45, 7) is 8.25. The van der Waals surface area contributed by atoms with Crippen LogP contribution in [0, 0.1) is 35.8 Å². The number of nitriles is 1. The number of aliphatic hydroxyl groups excluding tert-OH is 1. The van der Waals surface area contributed by atoms with Crippen LogP contribution in [0.25, 0.3) is 22.2 Å². The first kappa shape index (κ1) is 28.1. The Bertz CT molecular complexity index is 1520. The lowest BCUT2D eigenvalue weighted by atomic mass is 9.98. The minimum Gasteiger partial charge on any atom is -0.389 e. The van der Waals surface area contributed by atoms with Crippen LogP contribution in [0.5, 0.6) is 0 Å². The van der Waals surface area contributed by atoms with E-state index in [4.69, 9.17) is 4.74 Å². The third kappa shape index (κ3) is 5.44. The molecule has 0 saturated carbocycles. The number of ether oxygens (including phenoxy) is 1. The van der Waals surface area contributed by atoms with E-state index in [1.165, 1.54) is 6.07 Å². The molecular formula is C29H34F2N6O3. The molecule has 4 heterocycles. The van der Waals surface area contributed by atoms with E-state index in [-0.39, 0.29) is 52.6 Å². The molecule has 11 heteroatoms.